The second kappa shape index (κ2) is 13.1. The third-order valence-corrected chi connectivity index (χ3v) is 17.7. The van der Waals surface area contributed by atoms with E-state index in [-0.39, 0.29) is 0 Å². The van der Waals surface area contributed by atoms with E-state index in [1.54, 1.807) is 22.7 Å². The maximum atomic E-state index is 5.40. The second-order valence-corrected chi connectivity index (χ2v) is 27.2. The summed E-state index contributed by atoms with van der Waals surface area (Å²) in [4.78, 5) is 11.3. The van der Waals surface area contributed by atoms with Crippen LogP contribution in [-0.2, 0) is 6.42 Å². The first kappa shape index (κ1) is 28.6. The molecule has 4 aromatic rings. The molecule has 5 heteroatoms. The van der Waals surface area contributed by atoms with Crippen LogP contribution in [0.15, 0.2) is 78.9 Å². The normalized spacial score (nSPS) is 11.4. The first-order chi connectivity index (χ1) is 18.3. The fourth-order valence-corrected chi connectivity index (χ4v) is 13.0. The predicted molar refractivity (Wildman–Crippen MR) is 168 cm³/mol. The molecule has 0 amide bonds. The van der Waals surface area contributed by atoms with Gasteiger partial charge in [0.15, 0.2) is 0 Å². The minimum atomic E-state index is -2.20. The fraction of sp³-hybridized carbons (Fsp3) is 0.333. The number of ether oxygens (including phenoxy) is 2. The zero-order valence-corrected chi connectivity index (χ0v) is 27.4. The van der Waals surface area contributed by atoms with Gasteiger partial charge in [-0.1, -0.05) is 0 Å². The van der Waals surface area contributed by atoms with Crippen LogP contribution < -0.4 is 17.3 Å². The summed E-state index contributed by atoms with van der Waals surface area (Å²) in [7, 11) is 3.40. The van der Waals surface area contributed by atoms with Crippen LogP contribution in [0.1, 0.15) is 38.2 Å². The number of unbranched alkanes of at least 4 members (excludes halogenated alkanes) is 3. The Morgan fingerprint density at radius 1 is 0.684 bits per heavy atom. The SMILES string of the molecule is CCCCCCc1cc(-c2ccc(N(c3ccc(OC)cc3)c3ccc(OC)cc3)cc2)s[c]1[Sn]([CH3])([CH3])[CH3]. The van der Waals surface area contributed by atoms with E-state index >= 15 is 0 Å². The van der Waals surface area contributed by atoms with Crippen molar-refractivity contribution < 1.29 is 9.47 Å². The van der Waals surface area contributed by atoms with Crippen LogP contribution >= 0.6 is 11.3 Å². The number of aryl methyl sites for hydroxylation is 1. The number of methoxy groups -OCH3 is 2. The van der Waals surface area contributed by atoms with Crippen LogP contribution in [0.25, 0.3) is 10.4 Å². The zero-order valence-electron chi connectivity index (χ0n) is 23.7. The van der Waals surface area contributed by atoms with Gasteiger partial charge >= 0.3 is 215 Å². The van der Waals surface area contributed by atoms with Crippen molar-refractivity contribution in [3.8, 4) is 21.9 Å². The summed E-state index contributed by atoms with van der Waals surface area (Å²) in [5, 5.41) is 0. The standard InChI is InChI=1S/C30H32NO2S.3CH3.Sn/c1-4-5-6-7-8-23-21-30(34-22-23)24-9-11-25(12-10-24)31(26-13-17-28(32-2)18-14-26)27-15-19-29(33-3)20-16-27;;;;/h9-21H,4-8H2,1-3H3;3*1H3;. The summed E-state index contributed by atoms with van der Waals surface area (Å²) < 4.78 is 12.5. The van der Waals surface area contributed by atoms with Crippen molar-refractivity contribution in [2.75, 3.05) is 19.1 Å². The van der Waals surface area contributed by atoms with Gasteiger partial charge in [-0.05, 0) is 0 Å². The molecule has 0 saturated heterocycles. The molecule has 4 rings (SSSR count). The summed E-state index contributed by atoms with van der Waals surface area (Å²) in [6.45, 7) is 2.29. The van der Waals surface area contributed by atoms with E-state index in [1.165, 1.54) is 42.5 Å². The average Bonchev–Trinajstić information content (AvgIpc) is 3.37. The first-order valence-electron chi connectivity index (χ1n) is 13.7. The van der Waals surface area contributed by atoms with Gasteiger partial charge < -0.3 is 9.47 Å². The fourth-order valence-electron chi connectivity index (χ4n) is 4.82. The quantitative estimate of drug-likeness (QED) is 0.115. The van der Waals surface area contributed by atoms with Gasteiger partial charge in [0.05, 0.1) is 14.2 Å². The van der Waals surface area contributed by atoms with E-state index in [9.17, 15) is 0 Å². The molecule has 0 aliphatic carbocycles. The van der Waals surface area contributed by atoms with Crippen molar-refractivity contribution in [2.45, 2.75) is 53.8 Å². The van der Waals surface area contributed by atoms with Crippen LogP contribution in [0.2, 0.25) is 14.8 Å². The van der Waals surface area contributed by atoms with Gasteiger partial charge in [0.25, 0.3) is 0 Å². The molecular formula is C33H41NO2SSn. The topological polar surface area (TPSA) is 21.7 Å². The molecule has 1 aromatic heterocycles. The second-order valence-electron chi connectivity index (χ2n) is 10.8. The van der Waals surface area contributed by atoms with Crippen molar-refractivity contribution >= 4 is 49.7 Å². The van der Waals surface area contributed by atoms with E-state index in [2.05, 4.69) is 92.6 Å². The predicted octanol–water partition coefficient (Wildman–Crippen LogP) is 9.57. The zero-order chi connectivity index (χ0) is 27.1. The van der Waals surface area contributed by atoms with E-state index in [0.717, 1.165) is 28.6 Å². The molecule has 0 fully saturated rings. The van der Waals surface area contributed by atoms with E-state index in [1.807, 2.05) is 24.3 Å². The summed E-state index contributed by atoms with van der Waals surface area (Å²) >= 11 is -0.148. The van der Waals surface area contributed by atoms with Gasteiger partial charge in [-0.25, -0.2) is 0 Å². The molecule has 0 spiro atoms. The Hall–Kier alpha value is -2.44. The van der Waals surface area contributed by atoms with E-state index in [4.69, 9.17) is 9.47 Å². The summed E-state index contributed by atoms with van der Waals surface area (Å²) in [6.07, 6.45) is 6.49. The first-order valence-corrected chi connectivity index (χ1v) is 24.5. The van der Waals surface area contributed by atoms with Crippen molar-refractivity contribution in [1.82, 2.24) is 0 Å². The molecule has 0 bridgehead atoms. The molecule has 3 nitrogen and oxygen atoms in total. The molecule has 38 heavy (non-hydrogen) atoms. The third-order valence-electron chi connectivity index (χ3n) is 6.86. The Morgan fingerprint density at radius 3 is 1.63 bits per heavy atom. The summed E-state index contributed by atoms with van der Waals surface area (Å²) in [5.41, 5.74) is 6.21. The van der Waals surface area contributed by atoms with Crippen molar-refractivity contribution in [2.24, 2.45) is 0 Å². The Kier molecular flexibility index (Phi) is 9.83. The van der Waals surface area contributed by atoms with Crippen LogP contribution in [0, 0.1) is 0 Å². The molecule has 3 aromatic carbocycles. The van der Waals surface area contributed by atoms with Gasteiger partial charge in [-0.3, -0.25) is 0 Å². The van der Waals surface area contributed by atoms with Crippen LogP contribution in [-0.4, -0.2) is 32.6 Å². The van der Waals surface area contributed by atoms with Gasteiger partial charge in [0, 0.05) is 0 Å². The molecule has 200 valence electrons. The van der Waals surface area contributed by atoms with Gasteiger partial charge in [0.1, 0.15) is 0 Å². The molecule has 0 aliphatic rings. The molecule has 0 saturated carbocycles. The van der Waals surface area contributed by atoms with Crippen LogP contribution in [0.4, 0.5) is 17.1 Å². The molecule has 0 N–H and O–H groups in total. The van der Waals surface area contributed by atoms with Crippen molar-refractivity contribution in [3.63, 3.8) is 0 Å². The Bertz CT molecular complexity index is 1240. The number of hydrogen-bond donors (Lipinski definition) is 0. The maximum absolute atomic E-state index is 5.40. The minimum absolute atomic E-state index is 0.849. The van der Waals surface area contributed by atoms with Crippen LogP contribution in [0.3, 0.4) is 0 Å². The molecule has 0 radical (unpaired) electrons. The third kappa shape index (κ3) is 6.95. The molecule has 0 aliphatic heterocycles. The molecular weight excluding hydrogens is 593 g/mol. The van der Waals surface area contributed by atoms with Crippen molar-refractivity contribution in [3.05, 3.63) is 84.4 Å². The number of nitrogens with zero attached hydrogens (tertiary/aromatic N) is 1. The molecule has 0 atom stereocenters. The Labute approximate surface area is 237 Å². The molecule has 1 heterocycles. The number of thiophene rings is 1. The number of hydrogen-bond acceptors (Lipinski definition) is 4. The monoisotopic (exact) mass is 635 g/mol. The molecule has 0 unspecified atom stereocenters. The summed E-state index contributed by atoms with van der Waals surface area (Å²) in [5.74, 6) is 1.70. The van der Waals surface area contributed by atoms with E-state index in [0.29, 0.717) is 0 Å². The number of anilines is 3. The summed E-state index contributed by atoms with van der Waals surface area (Å²) in [6, 6.07) is 28.0. The van der Waals surface area contributed by atoms with Gasteiger partial charge in [0.2, 0.25) is 0 Å². The van der Waals surface area contributed by atoms with Gasteiger partial charge in [-0.2, -0.15) is 0 Å². The van der Waals surface area contributed by atoms with Crippen LogP contribution in [0.5, 0.6) is 11.5 Å². The number of benzene rings is 3. The van der Waals surface area contributed by atoms with Crippen molar-refractivity contribution in [1.29, 1.82) is 0 Å². The Balaban J connectivity index is 1.66. The number of rotatable bonds is 12. The Morgan fingerprint density at radius 2 is 1.18 bits per heavy atom. The van der Waals surface area contributed by atoms with E-state index < -0.39 is 18.4 Å². The average molecular weight is 634 g/mol. The van der Waals surface area contributed by atoms with Gasteiger partial charge in [-0.15, -0.1) is 0 Å².